The number of aromatic nitrogens is 2. The molecule has 3 heteroatoms. The minimum atomic E-state index is 0.896. The maximum atomic E-state index is 6.71. The van der Waals surface area contributed by atoms with Crippen molar-refractivity contribution in [2.24, 2.45) is 0 Å². The smallest absolute Gasteiger partial charge is 0.136 e. The average Bonchev–Trinajstić information content (AvgIpc) is 3.47. The Labute approximate surface area is 248 Å². The lowest BCUT2D eigenvalue weighted by molar-refractivity contribution is 0.669. The van der Waals surface area contributed by atoms with Gasteiger partial charge in [0.05, 0.1) is 11.4 Å². The summed E-state index contributed by atoms with van der Waals surface area (Å²) in [6.45, 7) is 0. The summed E-state index contributed by atoms with van der Waals surface area (Å²) in [6, 6.07) is 46.8. The number of nitrogens with zero attached hydrogens (tertiary/aromatic N) is 2. The van der Waals surface area contributed by atoms with Gasteiger partial charge in [0.2, 0.25) is 0 Å². The molecule has 0 aliphatic carbocycles. The molecule has 0 atom stereocenters. The number of hydrogen-bond acceptors (Lipinski definition) is 3. The average molecular weight is 549 g/mol. The van der Waals surface area contributed by atoms with E-state index in [-0.39, 0.29) is 0 Å². The Morgan fingerprint density at radius 2 is 0.791 bits per heavy atom. The maximum Gasteiger partial charge on any atom is 0.136 e. The molecule has 9 rings (SSSR count). The lowest BCUT2D eigenvalue weighted by atomic mass is 9.90. The number of benzene rings is 6. The van der Waals surface area contributed by atoms with Crippen LogP contribution >= 0.6 is 0 Å². The first-order valence-corrected chi connectivity index (χ1v) is 14.5. The molecule has 0 saturated carbocycles. The fourth-order valence-corrected chi connectivity index (χ4v) is 6.49. The van der Waals surface area contributed by atoms with E-state index in [0.717, 1.165) is 55.9 Å². The van der Waals surface area contributed by atoms with Crippen molar-refractivity contribution < 1.29 is 4.42 Å². The third-order valence-corrected chi connectivity index (χ3v) is 8.51. The van der Waals surface area contributed by atoms with Crippen molar-refractivity contribution in [2.75, 3.05) is 0 Å². The van der Waals surface area contributed by atoms with Gasteiger partial charge in [-0.1, -0.05) is 84.9 Å². The Hall–Kier alpha value is -5.80. The van der Waals surface area contributed by atoms with Gasteiger partial charge in [0.1, 0.15) is 11.2 Å². The zero-order valence-electron chi connectivity index (χ0n) is 23.2. The largest absolute Gasteiger partial charge is 0.456 e. The Morgan fingerprint density at radius 1 is 0.349 bits per heavy atom. The van der Waals surface area contributed by atoms with E-state index in [1.54, 1.807) is 0 Å². The first kappa shape index (κ1) is 23.9. The van der Waals surface area contributed by atoms with Gasteiger partial charge >= 0.3 is 0 Å². The minimum Gasteiger partial charge on any atom is -0.456 e. The molecule has 0 aliphatic heterocycles. The summed E-state index contributed by atoms with van der Waals surface area (Å²) in [5, 5.41) is 7.20. The molecule has 43 heavy (non-hydrogen) atoms. The van der Waals surface area contributed by atoms with Crippen LogP contribution in [-0.2, 0) is 0 Å². The molecule has 0 aliphatic rings. The second-order valence-electron chi connectivity index (χ2n) is 11.0. The Balaban J connectivity index is 1.28. The van der Waals surface area contributed by atoms with E-state index in [0.29, 0.717) is 0 Å². The zero-order valence-corrected chi connectivity index (χ0v) is 23.2. The molecule has 6 aromatic carbocycles. The van der Waals surface area contributed by atoms with Crippen LogP contribution in [0.2, 0.25) is 0 Å². The van der Waals surface area contributed by atoms with E-state index in [9.17, 15) is 0 Å². The summed E-state index contributed by atoms with van der Waals surface area (Å²) >= 11 is 0. The molecule has 0 saturated heterocycles. The van der Waals surface area contributed by atoms with Crippen LogP contribution in [0.1, 0.15) is 0 Å². The van der Waals surface area contributed by atoms with Crippen LogP contribution in [0.15, 0.2) is 150 Å². The van der Waals surface area contributed by atoms with Crippen LogP contribution in [0.4, 0.5) is 0 Å². The maximum absolute atomic E-state index is 6.71. The van der Waals surface area contributed by atoms with E-state index in [1.807, 2.05) is 48.8 Å². The van der Waals surface area contributed by atoms with Crippen molar-refractivity contribution in [1.82, 2.24) is 9.97 Å². The van der Waals surface area contributed by atoms with Crippen molar-refractivity contribution >= 4 is 43.5 Å². The highest BCUT2D eigenvalue weighted by Gasteiger charge is 2.20. The monoisotopic (exact) mass is 548 g/mol. The molecule has 0 bridgehead atoms. The summed E-state index contributed by atoms with van der Waals surface area (Å²) < 4.78 is 6.71. The Kier molecular flexibility index (Phi) is 5.20. The molecule has 0 fully saturated rings. The first-order chi connectivity index (χ1) is 21.3. The standard InChI is InChI=1S/C40H24N2O/c1-3-9-25(10-4-1)35-21-27(15-17-41-35)29-19-33-31-13-7-8-14-32(31)34-20-30(24-38-40(34)39(33)37(23-29)43-38)28-16-18-42-36(22-28)26-11-5-2-6-12-26/h1-24H. The fraction of sp³-hybridized carbons (Fsp3) is 0. The van der Waals surface area contributed by atoms with E-state index in [4.69, 9.17) is 4.42 Å². The van der Waals surface area contributed by atoms with Crippen molar-refractivity contribution in [3.8, 4) is 44.8 Å². The molecule has 0 spiro atoms. The summed E-state index contributed by atoms with van der Waals surface area (Å²) in [5.74, 6) is 0. The van der Waals surface area contributed by atoms with Gasteiger partial charge < -0.3 is 4.42 Å². The van der Waals surface area contributed by atoms with Gasteiger partial charge in [-0.3, -0.25) is 9.97 Å². The normalized spacial score (nSPS) is 11.7. The minimum absolute atomic E-state index is 0.896. The van der Waals surface area contributed by atoms with Gasteiger partial charge in [-0.15, -0.1) is 0 Å². The van der Waals surface area contributed by atoms with Crippen LogP contribution in [0.3, 0.4) is 0 Å². The number of fused-ring (bicyclic) bond motifs is 3. The number of furan rings is 1. The SMILES string of the molecule is c1ccc(-c2cc(-c3cc4oc5cc(-c6ccnc(-c7ccccc7)c6)cc6c7ccccc7c(c3)c4c56)ccn2)cc1. The first-order valence-electron chi connectivity index (χ1n) is 14.5. The molecule has 9 aromatic rings. The van der Waals surface area contributed by atoms with Gasteiger partial charge in [0.25, 0.3) is 0 Å². The highest BCUT2D eigenvalue weighted by Crippen LogP contribution is 2.46. The lowest BCUT2D eigenvalue weighted by Crippen LogP contribution is -1.88. The Morgan fingerprint density at radius 3 is 1.26 bits per heavy atom. The van der Waals surface area contributed by atoms with Crippen LogP contribution < -0.4 is 0 Å². The molecule has 0 amide bonds. The van der Waals surface area contributed by atoms with Crippen molar-refractivity contribution in [3.05, 3.63) is 146 Å². The second kappa shape index (κ2) is 9.37. The highest BCUT2D eigenvalue weighted by molar-refractivity contribution is 6.34. The van der Waals surface area contributed by atoms with Crippen LogP contribution in [0, 0.1) is 0 Å². The summed E-state index contributed by atoms with van der Waals surface area (Å²) in [4.78, 5) is 9.31. The molecule has 3 heterocycles. The molecular weight excluding hydrogens is 524 g/mol. The fourth-order valence-electron chi connectivity index (χ4n) is 6.49. The molecule has 3 aromatic heterocycles. The molecule has 200 valence electrons. The summed E-state index contributed by atoms with van der Waals surface area (Å²) in [5.41, 5.74) is 10.4. The van der Waals surface area contributed by atoms with Crippen molar-refractivity contribution in [3.63, 3.8) is 0 Å². The number of pyridine rings is 2. The van der Waals surface area contributed by atoms with Gasteiger partial charge in [0.15, 0.2) is 0 Å². The Bertz CT molecular complexity index is 2270. The predicted molar refractivity (Wildman–Crippen MR) is 177 cm³/mol. The summed E-state index contributed by atoms with van der Waals surface area (Å²) in [7, 11) is 0. The quantitative estimate of drug-likeness (QED) is 0.205. The molecule has 0 N–H and O–H groups in total. The van der Waals surface area contributed by atoms with Gasteiger partial charge in [-0.05, 0) is 92.3 Å². The third-order valence-electron chi connectivity index (χ3n) is 8.51. The molecule has 0 radical (unpaired) electrons. The van der Waals surface area contributed by atoms with E-state index < -0.39 is 0 Å². The number of hydrogen-bond donors (Lipinski definition) is 0. The van der Waals surface area contributed by atoms with Crippen LogP contribution in [-0.4, -0.2) is 9.97 Å². The predicted octanol–water partition coefficient (Wildman–Crippen LogP) is 10.8. The second-order valence-corrected chi connectivity index (χ2v) is 11.0. The van der Waals surface area contributed by atoms with Crippen LogP contribution in [0.25, 0.3) is 88.3 Å². The zero-order chi connectivity index (χ0) is 28.3. The van der Waals surface area contributed by atoms with Gasteiger partial charge in [-0.25, -0.2) is 0 Å². The van der Waals surface area contributed by atoms with E-state index in [2.05, 4.69) is 107 Å². The molecule has 3 nitrogen and oxygen atoms in total. The molecular formula is C40H24N2O. The van der Waals surface area contributed by atoms with Gasteiger partial charge in [0, 0.05) is 34.3 Å². The van der Waals surface area contributed by atoms with E-state index >= 15 is 0 Å². The summed E-state index contributed by atoms with van der Waals surface area (Å²) in [6.07, 6.45) is 3.78. The highest BCUT2D eigenvalue weighted by atomic mass is 16.3. The van der Waals surface area contributed by atoms with Gasteiger partial charge in [-0.2, -0.15) is 0 Å². The van der Waals surface area contributed by atoms with Crippen molar-refractivity contribution in [2.45, 2.75) is 0 Å². The van der Waals surface area contributed by atoms with E-state index in [1.165, 1.54) is 32.3 Å². The topological polar surface area (TPSA) is 38.9 Å². The number of rotatable bonds is 4. The van der Waals surface area contributed by atoms with Crippen LogP contribution in [0.5, 0.6) is 0 Å². The molecule has 0 unspecified atom stereocenters. The lowest BCUT2D eigenvalue weighted by Gasteiger charge is -2.12. The third kappa shape index (κ3) is 3.83. The van der Waals surface area contributed by atoms with Crippen molar-refractivity contribution in [1.29, 1.82) is 0 Å².